The average molecular weight is 441 g/mol. The summed E-state index contributed by atoms with van der Waals surface area (Å²) in [4.78, 5) is 11.3. The Hall–Kier alpha value is -2.25. The van der Waals surface area contributed by atoms with E-state index in [9.17, 15) is 26.4 Å². The number of halogens is 3. The van der Waals surface area contributed by atoms with Crippen LogP contribution in [0.25, 0.3) is 0 Å². The summed E-state index contributed by atoms with van der Waals surface area (Å²) < 4.78 is 85.1. The third-order valence-corrected chi connectivity index (χ3v) is 4.81. The van der Waals surface area contributed by atoms with Gasteiger partial charge < -0.3 is 23.7 Å². The van der Waals surface area contributed by atoms with Crippen LogP contribution in [-0.4, -0.2) is 65.3 Å². The quantitative estimate of drug-likeness (QED) is 0.541. The molecule has 1 amide bonds. The lowest BCUT2D eigenvalue weighted by molar-refractivity contribution is -0.0447. The number of alkyl halides is 3. The van der Waals surface area contributed by atoms with E-state index in [4.69, 9.17) is 18.9 Å². The first-order chi connectivity index (χ1) is 13.6. The molecule has 2 aliphatic rings. The Morgan fingerprint density at radius 3 is 2.03 bits per heavy atom. The van der Waals surface area contributed by atoms with Crippen LogP contribution in [0.5, 0.6) is 11.5 Å². The number of epoxide rings is 2. The molecule has 2 unspecified atom stereocenters. The van der Waals surface area contributed by atoms with Crippen molar-refractivity contribution in [2.75, 3.05) is 33.0 Å². The van der Waals surface area contributed by atoms with Gasteiger partial charge in [0.25, 0.3) is 0 Å². The normalized spacial score (nSPS) is 20.7. The number of hydrogen-bond acceptors (Lipinski definition) is 8. The van der Waals surface area contributed by atoms with Crippen LogP contribution in [0.4, 0.5) is 18.0 Å². The first kappa shape index (κ1) is 21.5. The van der Waals surface area contributed by atoms with Gasteiger partial charge in [0.05, 0.1) is 19.8 Å². The highest BCUT2D eigenvalue weighted by Crippen LogP contribution is 2.26. The summed E-state index contributed by atoms with van der Waals surface area (Å²) in [5.74, 6) is 0.961. The molecule has 0 bridgehead atoms. The minimum absolute atomic E-state index is 0.0329. The zero-order chi connectivity index (χ0) is 21.1. The molecular weight excluding hydrogens is 423 g/mol. The van der Waals surface area contributed by atoms with E-state index in [0.717, 1.165) is 4.72 Å². The Morgan fingerprint density at radius 1 is 1.07 bits per heavy atom. The molecule has 0 saturated carbocycles. The summed E-state index contributed by atoms with van der Waals surface area (Å²) in [6.07, 6.45) is -1.56. The molecule has 2 aliphatic heterocycles. The van der Waals surface area contributed by atoms with E-state index in [2.05, 4.69) is 4.74 Å². The standard InChI is InChI=1S/C16H18F3NO8S/c17-16(18,19)29(22,23)20-15(21)24-2-1-10-3-11(25-6-13-8-27-13)5-12(4-10)26-7-14-9-28-14/h3-5,13-14H,1-2,6-9H2,(H,20,21). The van der Waals surface area contributed by atoms with Crippen molar-refractivity contribution in [3.8, 4) is 11.5 Å². The summed E-state index contributed by atoms with van der Waals surface area (Å²) in [6.45, 7) is 1.57. The van der Waals surface area contributed by atoms with E-state index in [0.29, 0.717) is 43.5 Å². The zero-order valence-electron chi connectivity index (χ0n) is 14.9. The van der Waals surface area contributed by atoms with Gasteiger partial charge in [0.1, 0.15) is 36.9 Å². The number of ether oxygens (including phenoxy) is 5. The van der Waals surface area contributed by atoms with Crippen molar-refractivity contribution in [2.24, 2.45) is 0 Å². The molecular formula is C16H18F3NO8S. The largest absolute Gasteiger partial charge is 0.516 e. The summed E-state index contributed by atoms with van der Waals surface area (Å²) in [6, 6.07) is 4.96. The second-order valence-corrected chi connectivity index (χ2v) is 7.96. The Kier molecular flexibility index (Phi) is 6.39. The first-order valence-corrected chi connectivity index (χ1v) is 9.99. The smallest absolute Gasteiger partial charge is 0.491 e. The van der Waals surface area contributed by atoms with Crippen molar-refractivity contribution in [2.45, 2.75) is 24.1 Å². The van der Waals surface area contributed by atoms with Crippen LogP contribution in [-0.2, 0) is 30.7 Å². The zero-order valence-corrected chi connectivity index (χ0v) is 15.8. The number of amides is 1. The SMILES string of the molecule is O=C(NS(=O)(=O)C(F)(F)F)OCCc1cc(OCC2CO2)cc(OCC2CO2)c1. The molecule has 2 saturated heterocycles. The summed E-state index contributed by atoms with van der Waals surface area (Å²) in [5.41, 5.74) is -5.00. The Balaban J connectivity index is 1.54. The van der Waals surface area contributed by atoms with Gasteiger partial charge in [0, 0.05) is 12.5 Å². The summed E-state index contributed by atoms with van der Waals surface area (Å²) in [5, 5.41) is 0. The van der Waals surface area contributed by atoms with Gasteiger partial charge in [0.2, 0.25) is 0 Å². The second-order valence-electron chi connectivity index (χ2n) is 6.28. The number of nitrogens with one attached hydrogen (secondary N) is 1. The van der Waals surface area contributed by atoms with Crippen LogP contribution in [0.15, 0.2) is 18.2 Å². The van der Waals surface area contributed by atoms with Crippen LogP contribution in [0.2, 0.25) is 0 Å². The number of rotatable bonds is 10. The predicted octanol–water partition coefficient (Wildman–Crippen LogP) is 1.36. The maximum atomic E-state index is 12.2. The van der Waals surface area contributed by atoms with Gasteiger partial charge in [-0.3, -0.25) is 0 Å². The van der Waals surface area contributed by atoms with Gasteiger partial charge in [-0.2, -0.15) is 21.6 Å². The van der Waals surface area contributed by atoms with Gasteiger partial charge in [-0.1, -0.05) is 0 Å². The highest BCUT2D eigenvalue weighted by atomic mass is 32.2. The summed E-state index contributed by atoms with van der Waals surface area (Å²) in [7, 11) is -5.81. The number of hydrogen-bond donors (Lipinski definition) is 1. The maximum absolute atomic E-state index is 12.2. The van der Waals surface area contributed by atoms with Crippen molar-refractivity contribution in [3.05, 3.63) is 23.8 Å². The van der Waals surface area contributed by atoms with Crippen molar-refractivity contribution >= 4 is 16.1 Å². The molecule has 29 heavy (non-hydrogen) atoms. The number of sulfonamides is 1. The average Bonchev–Trinajstić information content (AvgIpc) is 3.52. The molecule has 3 rings (SSSR count). The third-order valence-electron chi connectivity index (χ3n) is 3.76. The number of carbonyl (C=O) groups excluding carboxylic acids is 1. The lowest BCUT2D eigenvalue weighted by Gasteiger charge is -2.12. The highest BCUT2D eigenvalue weighted by Gasteiger charge is 2.47. The molecule has 1 aromatic carbocycles. The van der Waals surface area contributed by atoms with Gasteiger partial charge in [0.15, 0.2) is 0 Å². The minimum atomic E-state index is -5.81. The molecule has 13 heteroatoms. The van der Waals surface area contributed by atoms with E-state index in [-0.39, 0.29) is 25.2 Å². The lowest BCUT2D eigenvalue weighted by Crippen LogP contribution is -2.40. The number of carbonyl (C=O) groups is 1. The van der Waals surface area contributed by atoms with Gasteiger partial charge in [-0.05, 0) is 17.7 Å². The molecule has 1 N–H and O–H groups in total. The van der Waals surface area contributed by atoms with Gasteiger partial charge in [-0.25, -0.2) is 9.52 Å². The molecule has 2 heterocycles. The van der Waals surface area contributed by atoms with Crippen LogP contribution < -0.4 is 14.2 Å². The van der Waals surface area contributed by atoms with E-state index < -0.39 is 21.6 Å². The Bertz CT molecular complexity index is 803. The van der Waals surface area contributed by atoms with Crippen molar-refractivity contribution < 1.29 is 50.1 Å². The second kappa shape index (κ2) is 8.63. The van der Waals surface area contributed by atoms with Crippen LogP contribution >= 0.6 is 0 Å². The van der Waals surface area contributed by atoms with E-state index >= 15 is 0 Å². The maximum Gasteiger partial charge on any atom is 0.516 e. The number of benzene rings is 1. The molecule has 0 spiro atoms. The Labute approximate surface area is 164 Å². The van der Waals surface area contributed by atoms with E-state index in [1.54, 1.807) is 18.2 Å². The van der Waals surface area contributed by atoms with E-state index in [1.807, 2.05) is 0 Å². The van der Waals surface area contributed by atoms with Crippen molar-refractivity contribution in [1.82, 2.24) is 4.72 Å². The molecule has 9 nitrogen and oxygen atoms in total. The van der Waals surface area contributed by atoms with Crippen molar-refractivity contribution in [3.63, 3.8) is 0 Å². The van der Waals surface area contributed by atoms with Crippen molar-refractivity contribution in [1.29, 1.82) is 0 Å². The molecule has 0 aromatic heterocycles. The van der Waals surface area contributed by atoms with Crippen LogP contribution in [0, 0.1) is 0 Å². The fraction of sp³-hybridized carbons (Fsp3) is 0.562. The van der Waals surface area contributed by atoms with Crippen LogP contribution in [0.3, 0.4) is 0 Å². The fourth-order valence-corrected chi connectivity index (χ4v) is 2.50. The van der Waals surface area contributed by atoms with Gasteiger partial charge >= 0.3 is 21.6 Å². The first-order valence-electron chi connectivity index (χ1n) is 8.51. The van der Waals surface area contributed by atoms with Crippen LogP contribution in [0.1, 0.15) is 5.56 Å². The fourth-order valence-electron chi connectivity index (χ4n) is 2.11. The molecule has 0 aliphatic carbocycles. The lowest BCUT2D eigenvalue weighted by atomic mass is 10.1. The monoisotopic (exact) mass is 441 g/mol. The molecule has 0 radical (unpaired) electrons. The Morgan fingerprint density at radius 2 is 1.59 bits per heavy atom. The third kappa shape index (κ3) is 6.94. The molecule has 162 valence electrons. The van der Waals surface area contributed by atoms with E-state index in [1.165, 1.54) is 0 Å². The predicted molar refractivity (Wildman–Crippen MR) is 90.1 cm³/mol. The minimum Gasteiger partial charge on any atom is -0.491 e. The summed E-state index contributed by atoms with van der Waals surface area (Å²) >= 11 is 0. The molecule has 2 atom stereocenters. The highest BCUT2D eigenvalue weighted by molar-refractivity contribution is 7.90. The molecule has 1 aromatic rings. The topological polar surface area (TPSA) is 116 Å². The molecule has 2 fully saturated rings. The van der Waals surface area contributed by atoms with Gasteiger partial charge in [-0.15, -0.1) is 0 Å².